The maximum absolute atomic E-state index is 13.4. The van der Waals surface area contributed by atoms with E-state index in [-0.39, 0.29) is 23.6 Å². The summed E-state index contributed by atoms with van der Waals surface area (Å²) in [7, 11) is -3.06. The Balaban J connectivity index is 1.80. The molecule has 0 unspecified atom stereocenters. The predicted molar refractivity (Wildman–Crippen MR) is 75.0 cm³/mol. The van der Waals surface area contributed by atoms with Crippen molar-refractivity contribution in [3.63, 3.8) is 0 Å². The zero-order chi connectivity index (χ0) is 15.5. The summed E-state index contributed by atoms with van der Waals surface area (Å²) < 4.78 is 35.9. The summed E-state index contributed by atoms with van der Waals surface area (Å²) >= 11 is 0. The van der Waals surface area contributed by atoms with Crippen molar-refractivity contribution in [1.29, 1.82) is 0 Å². The number of carbonyl (C=O) groups is 1. The first-order chi connectivity index (χ1) is 9.87. The van der Waals surface area contributed by atoms with Crippen molar-refractivity contribution in [1.82, 2.24) is 10.6 Å². The van der Waals surface area contributed by atoms with E-state index in [4.69, 9.17) is 0 Å². The van der Waals surface area contributed by atoms with Crippen molar-refractivity contribution in [3.05, 3.63) is 35.6 Å². The molecule has 0 spiro atoms. The summed E-state index contributed by atoms with van der Waals surface area (Å²) in [6.45, 7) is -0.160. The molecule has 0 radical (unpaired) electrons. The zero-order valence-electron chi connectivity index (χ0n) is 11.3. The molecule has 1 aliphatic rings. The summed E-state index contributed by atoms with van der Waals surface area (Å²) in [5.74, 6) is -0.555. The highest BCUT2D eigenvalue weighted by Crippen LogP contribution is 2.15. The van der Waals surface area contributed by atoms with Crippen LogP contribution in [0.4, 0.5) is 9.18 Å². The molecule has 1 fully saturated rings. The number of halogens is 1. The second kappa shape index (κ2) is 6.40. The number of aliphatic hydroxyl groups is 1. The Morgan fingerprint density at radius 3 is 2.76 bits per heavy atom. The quantitative estimate of drug-likeness (QED) is 0.747. The molecule has 3 N–H and O–H groups in total. The Hall–Kier alpha value is -1.67. The van der Waals surface area contributed by atoms with E-state index in [9.17, 15) is 22.7 Å². The molecule has 1 aliphatic heterocycles. The van der Waals surface area contributed by atoms with Crippen LogP contribution in [0.1, 0.15) is 18.1 Å². The minimum absolute atomic E-state index is 0.0653. The molecular weight excluding hydrogens is 299 g/mol. The van der Waals surface area contributed by atoms with Crippen LogP contribution in [-0.2, 0) is 9.84 Å². The fourth-order valence-corrected chi connectivity index (χ4v) is 3.86. The minimum atomic E-state index is -3.06. The average Bonchev–Trinajstić information content (AvgIpc) is 2.75. The van der Waals surface area contributed by atoms with Gasteiger partial charge in [-0.15, -0.1) is 0 Å². The summed E-state index contributed by atoms with van der Waals surface area (Å²) in [5, 5.41) is 14.7. The summed E-state index contributed by atoms with van der Waals surface area (Å²) in [4.78, 5) is 11.6. The molecule has 116 valence electrons. The third-order valence-electron chi connectivity index (χ3n) is 3.29. The molecule has 8 heteroatoms. The standard InChI is InChI=1S/C13H17FN2O4S/c14-11-4-2-1-3-10(11)12(17)7-15-13(18)16-9-5-6-21(19,20)8-9/h1-4,9,12,17H,5-8H2,(H2,15,16,18)/t9-,12+/m0/s1. The van der Waals surface area contributed by atoms with Crippen LogP contribution in [0.15, 0.2) is 24.3 Å². The van der Waals surface area contributed by atoms with Gasteiger partial charge in [0.1, 0.15) is 5.82 Å². The molecule has 6 nitrogen and oxygen atoms in total. The van der Waals surface area contributed by atoms with E-state index in [1.165, 1.54) is 18.2 Å². The lowest BCUT2D eigenvalue weighted by Crippen LogP contribution is -2.43. The van der Waals surface area contributed by atoms with Gasteiger partial charge in [-0.1, -0.05) is 18.2 Å². The Morgan fingerprint density at radius 2 is 2.14 bits per heavy atom. The fourth-order valence-electron chi connectivity index (χ4n) is 2.19. The van der Waals surface area contributed by atoms with Gasteiger partial charge in [-0.3, -0.25) is 0 Å². The summed E-state index contributed by atoms with van der Waals surface area (Å²) in [6.07, 6.45) is -0.782. The van der Waals surface area contributed by atoms with E-state index in [1.54, 1.807) is 6.07 Å². The summed E-state index contributed by atoms with van der Waals surface area (Å²) in [6, 6.07) is 4.76. The largest absolute Gasteiger partial charge is 0.386 e. The van der Waals surface area contributed by atoms with E-state index in [0.29, 0.717) is 6.42 Å². The third-order valence-corrected chi connectivity index (χ3v) is 5.06. The molecule has 0 aliphatic carbocycles. The molecule has 1 aromatic rings. The molecule has 2 amide bonds. The van der Waals surface area contributed by atoms with Gasteiger partial charge in [0.15, 0.2) is 9.84 Å². The van der Waals surface area contributed by atoms with E-state index < -0.39 is 33.8 Å². The van der Waals surface area contributed by atoms with Crippen LogP contribution in [0.25, 0.3) is 0 Å². The number of nitrogens with one attached hydrogen (secondary N) is 2. The lowest BCUT2D eigenvalue weighted by molar-refractivity contribution is 0.168. The molecule has 21 heavy (non-hydrogen) atoms. The van der Waals surface area contributed by atoms with Gasteiger partial charge < -0.3 is 15.7 Å². The van der Waals surface area contributed by atoms with Gasteiger partial charge in [-0.2, -0.15) is 0 Å². The normalized spacial score (nSPS) is 21.7. The highest BCUT2D eigenvalue weighted by Gasteiger charge is 2.28. The number of urea groups is 1. The van der Waals surface area contributed by atoms with E-state index >= 15 is 0 Å². The van der Waals surface area contributed by atoms with Crippen molar-refractivity contribution >= 4 is 15.9 Å². The lowest BCUT2D eigenvalue weighted by atomic mass is 10.1. The number of sulfone groups is 1. The first-order valence-electron chi connectivity index (χ1n) is 6.54. The molecule has 2 rings (SSSR count). The molecule has 2 atom stereocenters. The second-order valence-corrected chi connectivity index (χ2v) is 7.22. The van der Waals surface area contributed by atoms with Crippen LogP contribution in [0.3, 0.4) is 0 Å². The number of carbonyl (C=O) groups excluding carboxylic acids is 1. The Morgan fingerprint density at radius 1 is 1.43 bits per heavy atom. The van der Waals surface area contributed by atoms with Crippen LogP contribution < -0.4 is 10.6 Å². The van der Waals surface area contributed by atoms with Crippen molar-refractivity contribution in [2.45, 2.75) is 18.6 Å². The monoisotopic (exact) mass is 316 g/mol. The molecule has 1 aromatic carbocycles. The highest BCUT2D eigenvalue weighted by atomic mass is 32.2. The Bertz CT molecular complexity index is 620. The van der Waals surface area contributed by atoms with E-state index in [1.807, 2.05) is 0 Å². The van der Waals surface area contributed by atoms with Gasteiger partial charge in [0.05, 0.1) is 17.6 Å². The van der Waals surface area contributed by atoms with Crippen LogP contribution >= 0.6 is 0 Å². The van der Waals surface area contributed by atoms with Gasteiger partial charge >= 0.3 is 6.03 Å². The lowest BCUT2D eigenvalue weighted by Gasteiger charge is -2.15. The molecule has 1 heterocycles. The van der Waals surface area contributed by atoms with Crippen LogP contribution in [0.5, 0.6) is 0 Å². The van der Waals surface area contributed by atoms with E-state index in [2.05, 4.69) is 10.6 Å². The fraction of sp³-hybridized carbons (Fsp3) is 0.462. The number of hydrogen-bond donors (Lipinski definition) is 3. The van der Waals surface area contributed by atoms with Crippen LogP contribution in [0.2, 0.25) is 0 Å². The number of benzene rings is 1. The molecule has 0 aromatic heterocycles. The van der Waals surface area contributed by atoms with Gasteiger partial charge in [0.2, 0.25) is 0 Å². The molecule has 1 saturated heterocycles. The minimum Gasteiger partial charge on any atom is -0.386 e. The zero-order valence-corrected chi connectivity index (χ0v) is 12.1. The molecule has 0 saturated carbocycles. The summed E-state index contributed by atoms with van der Waals surface area (Å²) in [5.41, 5.74) is 0.0984. The van der Waals surface area contributed by atoms with E-state index in [0.717, 1.165) is 0 Å². The smallest absolute Gasteiger partial charge is 0.315 e. The number of aliphatic hydroxyl groups excluding tert-OH is 1. The SMILES string of the molecule is O=C(NC[C@@H](O)c1ccccc1F)N[C@H]1CCS(=O)(=O)C1. The molecular formula is C13H17FN2O4S. The number of amides is 2. The third kappa shape index (κ3) is 4.40. The van der Waals surface area contributed by atoms with Crippen molar-refractivity contribution in [2.75, 3.05) is 18.1 Å². The Kier molecular flexibility index (Phi) is 4.79. The van der Waals surface area contributed by atoms with Crippen molar-refractivity contribution in [2.24, 2.45) is 0 Å². The first-order valence-corrected chi connectivity index (χ1v) is 8.37. The first kappa shape index (κ1) is 15.7. The number of hydrogen-bond acceptors (Lipinski definition) is 4. The van der Waals surface area contributed by atoms with Crippen LogP contribution in [0, 0.1) is 5.82 Å². The second-order valence-electron chi connectivity index (χ2n) is 4.99. The Labute approximate surface area is 122 Å². The molecule has 0 bridgehead atoms. The maximum atomic E-state index is 13.4. The predicted octanol–water partition coefficient (Wildman–Crippen LogP) is 0.345. The van der Waals surface area contributed by atoms with Gasteiger partial charge in [0, 0.05) is 18.2 Å². The average molecular weight is 316 g/mol. The number of rotatable bonds is 4. The van der Waals surface area contributed by atoms with Gasteiger partial charge in [-0.05, 0) is 12.5 Å². The van der Waals surface area contributed by atoms with Gasteiger partial charge in [-0.25, -0.2) is 17.6 Å². The van der Waals surface area contributed by atoms with Crippen molar-refractivity contribution in [3.8, 4) is 0 Å². The van der Waals surface area contributed by atoms with Crippen molar-refractivity contribution < 1.29 is 22.7 Å². The van der Waals surface area contributed by atoms with Crippen LogP contribution in [-0.4, -0.2) is 43.6 Å². The topological polar surface area (TPSA) is 95.5 Å². The highest BCUT2D eigenvalue weighted by molar-refractivity contribution is 7.91. The van der Waals surface area contributed by atoms with Gasteiger partial charge in [0.25, 0.3) is 0 Å². The maximum Gasteiger partial charge on any atom is 0.315 e.